The van der Waals surface area contributed by atoms with Gasteiger partial charge >= 0.3 is 0 Å². The molecule has 3 rings (SSSR count). The van der Waals surface area contributed by atoms with Crippen LogP contribution in [-0.4, -0.2) is 55.3 Å². The molecular weight excluding hydrogens is 498 g/mol. The first-order chi connectivity index (χ1) is 13.2. The largest absolute Gasteiger partial charge is 0.476 e. The summed E-state index contributed by atoms with van der Waals surface area (Å²) >= 11 is 5.79. The van der Waals surface area contributed by atoms with Crippen molar-refractivity contribution in [2.45, 2.75) is 12.5 Å². The van der Waals surface area contributed by atoms with Gasteiger partial charge in [-0.3, -0.25) is 4.99 Å². The number of hydrogen-bond acceptors (Lipinski definition) is 5. The maximum atomic E-state index is 13.9. The monoisotopic (exact) mass is 520 g/mol. The fourth-order valence-corrected chi connectivity index (χ4v) is 2.95. The number of anilines is 1. The first-order valence-electron chi connectivity index (χ1n) is 8.72. The average Bonchev–Trinajstić information content (AvgIpc) is 3.14. The van der Waals surface area contributed by atoms with Crippen molar-refractivity contribution >= 4 is 47.4 Å². The lowest BCUT2D eigenvalue weighted by molar-refractivity contribution is 0.309. The van der Waals surface area contributed by atoms with Crippen LogP contribution in [0.2, 0.25) is 5.02 Å². The van der Waals surface area contributed by atoms with Crippen molar-refractivity contribution in [3.8, 4) is 5.88 Å². The highest BCUT2D eigenvalue weighted by atomic mass is 127. The van der Waals surface area contributed by atoms with Crippen LogP contribution >= 0.6 is 35.6 Å². The van der Waals surface area contributed by atoms with Crippen LogP contribution in [0.3, 0.4) is 0 Å². The zero-order valence-corrected chi connectivity index (χ0v) is 18.5. The van der Waals surface area contributed by atoms with E-state index in [2.05, 4.69) is 25.6 Å². The lowest BCUT2D eigenvalue weighted by atomic mass is 10.3. The van der Waals surface area contributed by atoms with E-state index in [-0.39, 0.29) is 35.8 Å². The molecule has 1 atom stereocenters. The van der Waals surface area contributed by atoms with Gasteiger partial charge in [-0.1, -0.05) is 11.6 Å². The van der Waals surface area contributed by atoms with Crippen LogP contribution in [0.5, 0.6) is 5.88 Å². The van der Waals surface area contributed by atoms with Crippen molar-refractivity contribution in [1.82, 2.24) is 20.6 Å². The maximum absolute atomic E-state index is 13.9. The maximum Gasteiger partial charge on any atom is 0.213 e. The van der Waals surface area contributed by atoms with Crippen LogP contribution < -0.4 is 20.3 Å². The molecule has 2 aromatic heterocycles. The van der Waals surface area contributed by atoms with E-state index in [0.717, 1.165) is 13.0 Å². The van der Waals surface area contributed by atoms with E-state index >= 15 is 0 Å². The number of nitrogens with zero attached hydrogens (tertiary/aromatic N) is 4. The molecule has 28 heavy (non-hydrogen) atoms. The van der Waals surface area contributed by atoms with Gasteiger partial charge in [0.05, 0.1) is 11.6 Å². The molecule has 2 aromatic rings. The second-order valence-electron chi connectivity index (χ2n) is 6.05. The smallest absolute Gasteiger partial charge is 0.213 e. The second kappa shape index (κ2) is 11.2. The van der Waals surface area contributed by atoms with Crippen LogP contribution in [0.15, 0.2) is 41.7 Å². The number of guanidine groups is 1. The molecular formula is C18H23ClFIN6O. The number of nitrogens with one attached hydrogen (secondary N) is 2. The molecule has 1 saturated heterocycles. The highest BCUT2D eigenvalue weighted by Crippen LogP contribution is 2.20. The molecule has 0 bridgehead atoms. The van der Waals surface area contributed by atoms with Crippen LogP contribution in [0.25, 0.3) is 0 Å². The predicted octanol–water partition coefficient (Wildman–Crippen LogP) is 2.71. The van der Waals surface area contributed by atoms with E-state index in [4.69, 9.17) is 16.3 Å². The number of aliphatic imine (C=N–C) groups is 1. The molecule has 2 N–H and O–H groups in total. The third-order valence-corrected chi connectivity index (χ3v) is 4.36. The summed E-state index contributed by atoms with van der Waals surface area (Å²) in [6.45, 7) is 2.41. The molecule has 1 aliphatic heterocycles. The Hall–Kier alpha value is -1.88. The number of aromatic nitrogens is 2. The second-order valence-corrected chi connectivity index (χ2v) is 6.48. The van der Waals surface area contributed by atoms with Gasteiger partial charge in [0.2, 0.25) is 5.88 Å². The lowest BCUT2D eigenvalue weighted by Crippen LogP contribution is -2.45. The molecule has 0 aromatic carbocycles. The van der Waals surface area contributed by atoms with Gasteiger partial charge in [0, 0.05) is 44.6 Å². The zero-order chi connectivity index (χ0) is 19.1. The van der Waals surface area contributed by atoms with Gasteiger partial charge < -0.3 is 20.3 Å². The molecule has 0 radical (unpaired) electrons. The summed E-state index contributed by atoms with van der Waals surface area (Å²) in [5.41, 5.74) is 0. The topological polar surface area (TPSA) is 74.7 Å². The van der Waals surface area contributed by atoms with Crippen molar-refractivity contribution in [1.29, 1.82) is 0 Å². The molecule has 1 fully saturated rings. The average molecular weight is 521 g/mol. The first-order valence-corrected chi connectivity index (χ1v) is 9.10. The molecule has 7 nitrogen and oxygen atoms in total. The Morgan fingerprint density at radius 1 is 1.39 bits per heavy atom. The van der Waals surface area contributed by atoms with Crippen LogP contribution in [0.1, 0.15) is 6.42 Å². The minimum Gasteiger partial charge on any atom is -0.476 e. The van der Waals surface area contributed by atoms with E-state index in [9.17, 15) is 4.39 Å². The summed E-state index contributed by atoms with van der Waals surface area (Å²) in [6, 6.07) is 6.64. The van der Waals surface area contributed by atoms with E-state index < -0.39 is 0 Å². The van der Waals surface area contributed by atoms with E-state index in [1.54, 1.807) is 37.6 Å². The summed E-state index contributed by atoms with van der Waals surface area (Å²) in [5, 5.41) is 7.12. The Morgan fingerprint density at radius 3 is 2.96 bits per heavy atom. The molecule has 1 aliphatic rings. The van der Waals surface area contributed by atoms with E-state index in [0.29, 0.717) is 42.4 Å². The molecule has 0 aliphatic carbocycles. The first kappa shape index (κ1) is 22.4. The predicted molar refractivity (Wildman–Crippen MR) is 119 cm³/mol. The molecule has 152 valence electrons. The van der Waals surface area contributed by atoms with Crippen molar-refractivity contribution < 1.29 is 9.13 Å². The number of rotatable bonds is 6. The highest BCUT2D eigenvalue weighted by molar-refractivity contribution is 14.0. The molecule has 0 amide bonds. The normalized spacial score (nSPS) is 16.5. The molecule has 3 heterocycles. The minimum absolute atomic E-state index is 0. The number of hydrogen-bond donors (Lipinski definition) is 2. The summed E-state index contributed by atoms with van der Waals surface area (Å²) in [6.07, 6.45) is 4.03. The SMILES string of the molecule is CN=C(NCCOc1ccc(Cl)cn1)NC1CCN(c2ncccc2F)C1.I. The fourth-order valence-electron chi connectivity index (χ4n) is 2.84. The Balaban J connectivity index is 0.00000280. The van der Waals surface area contributed by atoms with E-state index in [1.807, 2.05) is 4.90 Å². The Morgan fingerprint density at radius 2 is 2.25 bits per heavy atom. The van der Waals surface area contributed by atoms with Crippen LogP contribution in [0, 0.1) is 5.82 Å². The molecule has 10 heteroatoms. The third kappa shape index (κ3) is 6.33. The Bertz CT molecular complexity index is 779. The summed E-state index contributed by atoms with van der Waals surface area (Å²) in [4.78, 5) is 14.4. The van der Waals surface area contributed by atoms with Gasteiger partial charge in [-0.2, -0.15) is 0 Å². The molecule has 0 spiro atoms. The Kier molecular flexibility index (Phi) is 8.97. The summed E-state index contributed by atoms with van der Waals surface area (Å²) < 4.78 is 19.4. The van der Waals surface area contributed by atoms with Crippen molar-refractivity contribution in [2.75, 3.05) is 38.2 Å². The van der Waals surface area contributed by atoms with Crippen molar-refractivity contribution in [3.63, 3.8) is 0 Å². The third-order valence-electron chi connectivity index (χ3n) is 4.14. The van der Waals surface area contributed by atoms with Gasteiger partial charge in [0.1, 0.15) is 6.61 Å². The van der Waals surface area contributed by atoms with Gasteiger partial charge in [0.15, 0.2) is 17.6 Å². The van der Waals surface area contributed by atoms with Crippen LogP contribution in [0.4, 0.5) is 10.2 Å². The van der Waals surface area contributed by atoms with Gasteiger partial charge in [0.25, 0.3) is 0 Å². The fraction of sp³-hybridized carbons (Fsp3) is 0.389. The van der Waals surface area contributed by atoms with Gasteiger partial charge in [-0.05, 0) is 24.6 Å². The van der Waals surface area contributed by atoms with Crippen molar-refractivity contribution in [2.24, 2.45) is 4.99 Å². The zero-order valence-electron chi connectivity index (χ0n) is 15.4. The van der Waals surface area contributed by atoms with E-state index in [1.165, 1.54) is 6.07 Å². The Labute approximate surface area is 185 Å². The van der Waals surface area contributed by atoms with Gasteiger partial charge in [-0.15, -0.1) is 24.0 Å². The standard InChI is InChI=1S/C18H22ClFN6O.HI/c1-21-18(23-8-10-27-16-5-4-13(19)11-24-16)25-14-6-9-26(12-14)17-15(20)3-2-7-22-17;/h2-5,7,11,14H,6,8-10,12H2,1H3,(H2,21,23,25);1H. The number of pyridine rings is 2. The quantitative estimate of drug-likeness (QED) is 0.264. The molecule has 0 saturated carbocycles. The number of ether oxygens (including phenoxy) is 1. The lowest BCUT2D eigenvalue weighted by Gasteiger charge is -2.20. The highest BCUT2D eigenvalue weighted by Gasteiger charge is 2.25. The summed E-state index contributed by atoms with van der Waals surface area (Å²) in [7, 11) is 1.71. The number of halogens is 3. The summed E-state index contributed by atoms with van der Waals surface area (Å²) in [5.74, 6) is 1.30. The molecule has 1 unspecified atom stereocenters. The van der Waals surface area contributed by atoms with Gasteiger partial charge in [-0.25, -0.2) is 14.4 Å². The van der Waals surface area contributed by atoms with Crippen molar-refractivity contribution in [3.05, 3.63) is 47.5 Å². The minimum atomic E-state index is -0.298. The van der Waals surface area contributed by atoms with Crippen LogP contribution in [-0.2, 0) is 0 Å².